The van der Waals surface area contributed by atoms with Crippen molar-refractivity contribution in [3.05, 3.63) is 54.1 Å². The van der Waals surface area contributed by atoms with Crippen LogP contribution < -0.4 is 20.1 Å². The molecule has 0 saturated carbocycles. The number of hydrogen-bond acceptors (Lipinski definition) is 3. The van der Waals surface area contributed by atoms with Gasteiger partial charge in [-0.05, 0) is 42.2 Å². The molecule has 2 aromatic carbocycles. The van der Waals surface area contributed by atoms with Gasteiger partial charge in [0.2, 0.25) is 0 Å². The number of carbonyl (C=O) groups excluding carboxylic acids is 1. The molecule has 0 bridgehead atoms. The van der Waals surface area contributed by atoms with Crippen molar-refractivity contribution in [1.29, 1.82) is 0 Å². The molecule has 0 aliphatic heterocycles. The average molecular weight is 356 g/mol. The zero-order valence-electron chi connectivity index (χ0n) is 16.0. The molecule has 0 unspecified atom stereocenters. The fourth-order valence-electron chi connectivity index (χ4n) is 2.38. The number of urea groups is 1. The van der Waals surface area contributed by atoms with Crippen LogP contribution in [0.25, 0.3) is 0 Å². The molecular weight excluding hydrogens is 328 g/mol. The molecule has 0 spiro atoms. The second kappa shape index (κ2) is 9.13. The zero-order valence-corrected chi connectivity index (χ0v) is 16.0. The van der Waals surface area contributed by atoms with E-state index < -0.39 is 0 Å². The number of ether oxygens (including phenoxy) is 2. The monoisotopic (exact) mass is 356 g/mol. The summed E-state index contributed by atoms with van der Waals surface area (Å²) in [4.78, 5) is 11.9. The minimum absolute atomic E-state index is 0.0948. The first-order valence-electron chi connectivity index (χ1n) is 8.89. The lowest BCUT2D eigenvalue weighted by molar-refractivity contribution is 0.247. The molecule has 0 radical (unpaired) electrons. The molecule has 5 heteroatoms. The maximum absolute atomic E-state index is 11.9. The highest BCUT2D eigenvalue weighted by molar-refractivity contribution is 5.89. The van der Waals surface area contributed by atoms with Crippen molar-refractivity contribution in [1.82, 2.24) is 5.32 Å². The molecule has 5 nitrogen and oxygen atoms in total. The summed E-state index contributed by atoms with van der Waals surface area (Å²) in [6.07, 6.45) is 0. The van der Waals surface area contributed by atoms with Crippen LogP contribution in [0.4, 0.5) is 10.5 Å². The zero-order chi connectivity index (χ0) is 19.0. The normalized spacial score (nSPS) is 10.9. The molecule has 2 aromatic rings. The number of nitrogens with one attached hydrogen (secondary N) is 2. The van der Waals surface area contributed by atoms with Crippen molar-refractivity contribution in [2.24, 2.45) is 0 Å². The number of carbonyl (C=O) groups is 1. The van der Waals surface area contributed by atoms with Gasteiger partial charge in [0, 0.05) is 11.8 Å². The van der Waals surface area contributed by atoms with Crippen LogP contribution in [-0.4, -0.2) is 25.8 Å². The van der Waals surface area contributed by atoms with Crippen molar-refractivity contribution in [3.8, 4) is 11.5 Å². The topological polar surface area (TPSA) is 59.6 Å². The first-order valence-corrected chi connectivity index (χ1v) is 8.89. The third-order valence-corrected chi connectivity index (χ3v) is 3.78. The Morgan fingerprint density at radius 2 is 1.65 bits per heavy atom. The van der Waals surface area contributed by atoms with E-state index >= 15 is 0 Å². The van der Waals surface area contributed by atoms with Gasteiger partial charge >= 0.3 is 6.03 Å². The lowest BCUT2D eigenvalue weighted by Crippen LogP contribution is -2.32. The molecule has 140 valence electrons. The molecule has 26 heavy (non-hydrogen) atoms. The first kappa shape index (κ1) is 19.6. The van der Waals surface area contributed by atoms with Gasteiger partial charge in [0.05, 0.1) is 13.2 Å². The molecule has 2 rings (SSSR count). The predicted molar refractivity (Wildman–Crippen MR) is 105 cm³/mol. The maximum atomic E-state index is 11.9. The van der Waals surface area contributed by atoms with Crippen LogP contribution >= 0.6 is 0 Å². The van der Waals surface area contributed by atoms with E-state index in [0.29, 0.717) is 19.8 Å². The number of anilines is 1. The van der Waals surface area contributed by atoms with E-state index in [0.717, 1.165) is 17.2 Å². The van der Waals surface area contributed by atoms with Crippen LogP contribution in [0.3, 0.4) is 0 Å². The van der Waals surface area contributed by atoms with Gasteiger partial charge in [-0.3, -0.25) is 0 Å². The van der Waals surface area contributed by atoms with Gasteiger partial charge in [-0.1, -0.05) is 39.0 Å². The Bertz CT molecular complexity index is 706. The van der Waals surface area contributed by atoms with Crippen LogP contribution in [0.1, 0.15) is 33.3 Å². The van der Waals surface area contributed by atoms with Gasteiger partial charge in [-0.15, -0.1) is 0 Å². The van der Waals surface area contributed by atoms with Crippen molar-refractivity contribution in [2.45, 2.75) is 33.1 Å². The second-order valence-electron chi connectivity index (χ2n) is 6.96. The van der Waals surface area contributed by atoms with Gasteiger partial charge < -0.3 is 20.1 Å². The quantitative estimate of drug-likeness (QED) is 0.714. The average Bonchev–Trinajstić information content (AvgIpc) is 2.59. The lowest BCUT2D eigenvalue weighted by Gasteiger charge is -2.19. The highest BCUT2D eigenvalue weighted by Crippen LogP contribution is 2.23. The summed E-state index contributed by atoms with van der Waals surface area (Å²) in [6, 6.07) is 15.1. The molecule has 0 aliphatic rings. The molecule has 0 atom stereocenters. The van der Waals surface area contributed by atoms with Crippen molar-refractivity contribution in [2.75, 3.05) is 25.1 Å². The van der Waals surface area contributed by atoms with E-state index in [1.807, 2.05) is 55.5 Å². The van der Waals surface area contributed by atoms with Crippen LogP contribution in [0, 0.1) is 0 Å². The van der Waals surface area contributed by atoms with E-state index in [1.54, 1.807) is 0 Å². The van der Waals surface area contributed by atoms with Gasteiger partial charge in [0.15, 0.2) is 0 Å². The van der Waals surface area contributed by atoms with Gasteiger partial charge in [-0.25, -0.2) is 4.79 Å². The highest BCUT2D eigenvalue weighted by Gasteiger charge is 2.13. The summed E-state index contributed by atoms with van der Waals surface area (Å²) >= 11 is 0. The summed E-state index contributed by atoms with van der Waals surface area (Å²) in [6.45, 7) is 9.82. The molecular formula is C21H28N2O3. The Morgan fingerprint density at radius 1 is 1.00 bits per heavy atom. The fourth-order valence-corrected chi connectivity index (χ4v) is 2.38. The van der Waals surface area contributed by atoms with Crippen molar-refractivity contribution >= 4 is 11.7 Å². The first-order chi connectivity index (χ1) is 12.4. The second-order valence-corrected chi connectivity index (χ2v) is 6.96. The molecule has 0 fully saturated rings. The fraction of sp³-hybridized carbons (Fsp3) is 0.381. The Kier molecular flexibility index (Phi) is 6.89. The van der Waals surface area contributed by atoms with Gasteiger partial charge in [-0.2, -0.15) is 0 Å². The largest absolute Gasteiger partial charge is 0.494 e. The summed E-state index contributed by atoms with van der Waals surface area (Å²) in [5.74, 6) is 1.49. The number of amides is 2. The van der Waals surface area contributed by atoms with E-state index in [9.17, 15) is 4.79 Å². The molecule has 0 aliphatic carbocycles. The summed E-state index contributed by atoms with van der Waals surface area (Å²) in [5, 5.41) is 5.60. The highest BCUT2D eigenvalue weighted by atomic mass is 16.5. The lowest BCUT2D eigenvalue weighted by atomic mass is 9.87. The van der Waals surface area contributed by atoms with E-state index in [2.05, 4.69) is 31.4 Å². The van der Waals surface area contributed by atoms with Crippen LogP contribution in [-0.2, 0) is 5.41 Å². The Balaban J connectivity index is 1.73. The molecule has 0 heterocycles. The maximum Gasteiger partial charge on any atom is 0.319 e. The Morgan fingerprint density at radius 3 is 2.27 bits per heavy atom. The van der Waals surface area contributed by atoms with Crippen LogP contribution in [0.15, 0.2) is 48.5 Å². The van der Waals surface area contributed by atoms with E-state index in [-0.39, 0.29) is 11.4 Å². The van der Waals surface area contributed by atoms with E-state index in [1.165, 1.54) is 5.56 Å². The standard InChI is InChI=1S/C21H28N2O3/c1-5-25-18-7-6-8-19(15-18)26-14-13-22-20(24)23-17-11-9-16(10-12-17)21(2,3)4/h6-12,15H,5,13-14H2,1-4H3,(H2,22,23,24). The van der Waals surface area contributed by atoms with E-state index in [4.69, 9.17) is 9.47 Å². The van der Waals surface area contributed by atoms with Gasteiger partial charge in [0.1, 0.15) is 18.1 Å². The number of hydrogen-bond donors (Lipinski definition) is 2. The number of rotatable bonds is 7. The third-order valence-electron chi connectivity index (χ3n) is 3.78. The minimum Gasteiger partial charge on any atom is -0.494 e. The summed E-state index contributed by atoms with van der Waals surface area (Å²) < 4.78 is 11.1. The molecule has 2 amide bonds. The molecule has 0 aromatic heterocycles. The SMILES string of the molecule is CCOc1cccc(OCCNC(=O)Nc2ccc(C(C)(C)C)cc2)c1. The third kappa shape index (κ3) is 6.31. The van der Waals surface area contributed by atoms with Crippen molar-refractivity contribution < 1.29 is 14.3 Å². The smallest absolute Gasteiger partial charge is 0.319 e. The van der Waals surface area contributed by atoms with Crippen molar-refractivity contribution in [3.63, 3.8) is 0 Å². The minimum atomic E-state index is -0.250. The molecule has 0 saturated heterocycles. The summed E-state index contributed by atoms with van der Waals surface area (Å²) in [5.41, 5.74) is 2.09. The summed E-state index contributed by atoms with van der Waals surface area (Å²) in [7, 11) is 0. The number of benzene rings is 2. The van der Waals surface area contributed by atoms with Gasteiger partial charge in [0.25, 0.3) is 0 Å². The molecule has 2 N–H and O–H groups in total. The van der Waals surface area contributed by atoms with Crippen LogP contribution in [0.5, 0.6) is 11.5 Å². The predicted octanol–water partition coefficient (Wildman–Crippen LogP) is 4.58. The van der Waals surface area contributed by atoms with Crippen LogP contribution in [0.2, 0.25) is 0 Å². The Labute approximate surface area is 155 Å². The Hall–Kier alpha value is -2.69.